The molecule has 0 aliphatic rings. The van der Waals surface area contributed by atoms with Crippen molar-refractivity contribution in [2.45, 2.75) is 18.4 Å². The Kier molecular flexibility index (Phi) is 5.94. The summed E-state index contributed by atoms with van der Waals surface area (Å²) in [6.07, 6.45) is 0. The van der Waals surface area contributed by atoms with Gasteiger partial charge in [-0.05, 0) is 24.6 Å². The minimum Gasteiger partial charge on any atom is -0.355 e. The highest BCUT2D eigenvalue weighted by Crippen LogP contribution is 2.22. The molecule has 3 N–H and O–H groups in total. The van der Waals surface area contributed by atoms with Crippen molar-refractivity contribution in [3.63, 3.8) is 0 Å². The Hall–Kier alpha value is -1.15. The lowest BCUT2D eigenvalue weighted by Crippen LogP contribution is -2.38. The van der Waals surface area contributed by atoms with E-state index in [1.54, 1.807) is 13.0 Å². The standard InChI is InChI=1S/C12H18ClN3O3S/c1-3-15-12(17)8-16(2)20(18,19)10-5-4-9(7-14)11(13)6-10/h4-6H,3,7-8,14H2,1-2H3,(H,15,17). The van der Waals surface area contributed by atoms with Crippen molar-refractivity contribution < 1.29 is 13.2 Å². The molecule has 0 unspecified atom stereocenters. The average Bonchev–Trinajstić information content (AvgIpc) is 2.38. The quantitative estimate of drug-likeness (QED) is 0.801. The van der Waals surface area contributed by atoms with E-state index in [1.165, 1.54) is 19.2 Å². The van der Waals surface area contributed by atoms with Crippen LogP contribution < -0.4 is 11.1 Å². The van der Waals surface area contributed by atoms with Crippen LogP contribution in [0.5, 0.6) is 0 Å². The molecular weight excluding hydrogens is 302 g/mol. The molecule has 0 atom stereocenters. The van der Waals surface area contributed by atoms with Gasteiger partial charge < -0.3 is 11.1 Å². The fraction of sp³-hybridized carbons (Fsp3) is 0.417. The fourth-order valence-electron chi connectivity index (χ4n) is 1.57. The first kappa shape index (κ1) is 16.9. The Labute approximate surface area is 123 Å². The summed E-state index contributed by atoms with van der Waals surface area (Å²) in [5.41, 5.74) is 6.14. The van der Waals surface area contributed by atoms with Gasteiger partial charge in [0.25, 0.3) is 0 Å². The first-order valence-corrected chi connectivity index (χ1v) is 7.86. The summed E-state index contributed by atoms with van der Waals surface area (Å²) in [7, 11) is -2.41. The van der Waals surface area contributed by atoms with Gasteiger partial charge in [-0.15, -0.1) is 0 Å². The Bertz CT molecular complexity index is 590. The van der Waals surface area contributed by atoms with Crippen molar-refractivity contribution in [1.82, 2.24) is 9.62 Å². The van der Waals surface area contributed by atoms with Gasteiger partial charge in [0.1, 0.15) is 0 Å². The SMILES string of the molecule is CCNC(=O)CN(C)S(=O)(=O)c1ccc(CN)c(Cl)c1. The summed E-state index contributed by atoms with van der Waals surface area (Å²) in [5.74, 6) is -0.358. The summed E-state index contributed by atoms with van der Waals surface area (Å²) >= 11 is 5.95. The predicted octanol–water partition coefficient (Wildman–Crippen LogP) is 0.555. The molecule has 1 aromatic rings. The predicted molar refractivity (Wildman–Crippen MR) is 77.8 cm³/mol. The number of carbonyl (C=O) groups is 1. The fourth-order valence-corrected chi connectivity index (χ4v) is 3.05. The number of carbonyl (C=O) groups excluding carboxylic acids is 1. The molecule has 0 spiro atoms. The van der Waals surface area contributed by atoms with Crippen molar-refractivity contribution in [1.29, 1.82) is 0 Å². The van der Waals surface area contributed by atoms with Crippen molar-refractivity contribution >= 4 is 27.5 Å². The van der Waals surface area contributed by atoms with Crippen LogP contribution in [-0.2, 0) is 21.4 Å². The van der Waals surface area contributed by atoms with E-state index < -0.39 is 10.0 Å². The van der Waals surface area contributed by atoms with Crippen molar-refractivity contribution in [2.75, 3.05) is 20.1 Å². The van der Waals surface area contributed by atoms with Gasteiger partial charge in [-0.3, -0.25) is 4.79 Å². The average molecular weight is 320 g/mol. The molecular formula is C12H18ClN3O3S. The van der Waals surface area contributed by atoms with Crippen LogP contribution >= 0.6 is 11.6 Å². The zero-order valence-corrected chi connectivity index (χ0v) is 13.0. The lowest BCUT2D eigenvalue weighted by atomic mass is 10.2. The molecule has 0 heterocycles. The Balaban J connectivity index is 2.98. The van der Waals surface area contributed by atoms with Gasteiger partial charge in [0.15, 0.2) is 0 Å². The van der Waals surface area contributed by atoms with Gasteiger partial charge in [-0.2, -0.15) is 4.31 Å². The molecule has 1 aromatic carbocycles. The van der Waals surface area contributed by atoms with E-state index in [2.05, 4.69) is 5.32 Å². The van der Waals surface area contributed by atoms with E-state index >= 15 is 0 Å². The first-order chi connectivity index (χ1) is 9.32. The van der Waals surface area contributed by atoms with Gasteiger partial charge in [-0.1, -0.05) is 17.7 Å². The highest BCUT2D eigenvalue weighted by Gasteiger charge is 2.23. The second-order valence-electron chi connectivity index (χ2n) is 4.17. The van der Waals surface area contributed by atoms with E-state index in [0.29, 0.717) is 17.1 Å². The van der Waals surface area contributed by atoms with E-state index in [9.17, 15) is 13.2 Å². The Morgan fingerprint density at radius 3 is 2.60 bits per heavy atom. The molecule has 6 nitrogen and oxygen atoms in total. The molecule has 0 aliphatic carbocycles. The number of likely N-dealkylation sites (N-methyl/N-ethyl adjacent to an activating group) is 2. The monoisotopic (exact) mass is 319 g/mol. The zero-order chi connectivity index (χ0) is 15.3. The number of hydrogen-bond acceptors (Lipinski definition) is 4. The van der Waals surface area contributed by atoms with Gasteiger partial charge in [0, 0.05) is 25.2 Å². The number of halogens is 1. The van der Waals surface area contributed by atoms with Crippen LogP contribution in [-0.4, -0.2) is 38.8 Å². The maximum Gasteiger partial charge on any atom is 0.243 e. The van der Waals surface area contributed by atoms with Crippen molar-refractivity contribution in [3.05, 3.63) is 28.8 Å². The van der Waals surface area contributed by atoms with E-state index in [0.717, 1.165) is 4.31 Å². The number of amides is 1. The zero-order valence-electron chi connectivity index (χ0n) is 11.4. The molecule has 0 saturated heterocycles. The van der Waals surface area contributed by atoms with Crippen LogP contribution in [0.15, 0.2) is 23.1 Å². The minimum atomic E-state index is -3.75. The molecule has 0 radical (unpaired) electrons. The normalized spacial score (nSPS) is 11.7. The van der Waals surface area contributed by atoms with Gasteiger partial charge in [0.05, 0.1) is 11.4 Å². The van der Waals surface area contributed by atoms with Crippen LogP contribution in [0.4, 0.5) is 0 Å². The van der Waals surface area contributed by atoms with Crippen molar-refractivity contribution in [3.8, 4) is 0 Å². The van der Waals surface area contributed by atoms with Crippen LogP contribution in [0.1, 0.15) is 12.5 Å². The lowest BCUT2D eigenvalue weighted by Gasteiger charge is -2.17. The second kappa shape index (κ2) is 7.03. The van der Waals surface area contributed by atoms with Crippen LogP contribution in [0.25, 0.3) is 0 Å². The summed E-state index contributed by atoms with van der Waals surface area (Å²) in [4.78, 5) is 11.5. The van der Waals surface area contributed by atoms with Crippen LogP contribution in [0, 0.1) is 0 Å². The molecule has 20 heavy (non-hydrogen) atoms. The Morgan fingerprint density at radius 2 is 2.10 bits per heavy atom. The number of nitrogens with one attached hydrogen (secondary N) is 1. The molecule has 8 heteroatoms. The number of hydrogen-bond donors (Lipinski definition) is 2. The molecule has 0 aliphatic heterocycles. The molecule has 1 amide bonds. The molecule has 0 aromatic heterocycles. The highest BCUT2D eigenvalue weighted by atomic mass is 35.5. The molecule has 0 fully saturated rings. The number of rotatable bonds is 6. The lowest BCUT2D eigenvalue weighted by molar-refractivity contribution is -0.121. The molecule has 0 bridgehead atoms. The topological polar surface area (TPSA) is 92.5 Å². The number of nitrogens with zero attached hydrogens (tertiary/aromatic N) is 1. The number of nitrogens with two attached hydrogens (primary N) is 1. The third-order valence-corrected chi connectivity index (χ3v) is 4.84. The molecule has 112 valence electrons. The minimum absolute atomic E-state index is 0.0338. The summed E-state index contributed by atoms with van der Waals surface area (Å²) in [6.45, 7) is 2.20. The first-order valence-electron chi connectivity index (χ1n) is 6.04. The van der Waals surface area contributed by atoms with Crippen molar-refractivity contribution in [2.24, 2.45) is 5.73 Å². The van der Waals surface area contributed by atoms with Gasteiger partial charge >= 0.3 is 0 Å². The highest BCUT2D eigenvalue weighted by molar-refractivity contribution is 7.89. The Morgan fingerprint density at radius 1 is 1.45 bits per heavy atom. The van der Waals surface area contributed by atoms with Crippen LogP contribution in [0.3, 0.4) is 0 Å². The maximum absolute atomic E-state index is 12.3. The molecule has 0 saturated carbocycles. The van der Waals surface area contributed by atoms with E-state index in [4.69, 9.17) is 17.3 Å². The van der Waals surface area contributed by atoms with Crippen LogP contribution in [0.2, 0.25) is 5.02 Å². The summed E-state index contributed by atoms with van der Waals surface area (Å²) in [5, 5.41) is 2.83. The maximum atomic E-state index is 12.3. The molecule has 1 rings (SSSR count). The number of benzene rings is 1. The number of sulfonamides is 1. The summed E-state index contributed by atoms with van der Waals surface area (Å²) < 4.78 is 25.5. The largest absolute Gasteiger partial charge is 0.355 e. The summed E-state index contributed by atoms with van der Waals surface area (Å²) in [6, 6.07) is 4.33. The van der Waals surface area contributed by atoms with Gasteiger partial charge in [0.2, 0.25) is 15.9 Å². The smallest absolute Gasteiger partial charge is 0.243 e. The third kappa shape index (κ3) is 3.92. The van der Waals surface area contributed by atoms with Gasteiger partial charge in [-0.25, -0.2) is 8.42 Å². The second-order valence-corrected chi connectivity index (χ2v) is 6.62. The van der Waals surface area contributed by atoms with E-state index in [1.807, 2.05) is 0 Å². The third-order valence-electron chi connectivity index (χ3n) is 2.69. The van der Waals surface area contributed by atoms with E-state index in [-0.39, 0.29) is 23.9 Å².